The Bertz CT molecular complexity index is 342. The largest absolute Gasteiger partial charge is 0.392 e. The summed E-state index contributed by atoms with van der Waals surface area (Å²) in [4.78, 5) is 0. The number of hydrogen-bond donors (Lipinski definition) is 1. The molecule has 1 N–H and O–H groups in total. The van der Waals surface area contributed by atoms with Crippen LogP contribution in [0, 0.1) is 11.8 Å². The number of allylic oxidation sites excluding steroid dienone is 1. The number of aliphatic hydroxyl groups is 1. The lowest BCUT2D eigenvalue weighted by molar-refractivity contribution is -0.205. The first kappa shape index (κ1) is 16.0. The fraction of sp³-hybridized carbons (Fsp3) is 0.882. The van der Waals surface area contributed by atoms with Gasteiger partial charge in [0.2, 0.25) is 0 Å². The van der Waals surface area contributed by atoms with Crippen LogP contribution in [0.3, 0.4) is 0 Å². The number of hydrogen-bond acceptors (Lipinski definition) is 3. The quantitative estimate of drug-likeness (QED) is 0.597. The lowest BCUT2D eigenvalue weighted by atomic mass is 9.81. The maximum Gasteiger partial charge on any atom is 0.193 e. The van der Waals surface area contributed by atoms with E-state index in [2.05, 4.69) is 13.8 Å². The van der Waals surface area contributed by atoms with Crippen molar-refractivity contribution in [2.45, 2.75) is 64.6 Å². The second kappa shape index (κ2) is 7.06. The Balaban J connectivity index is 1.89. The van der Waals surface area contributed by atoms with Gasteiger partial charge in [-0.2, -0.15) is 0 Å². The molecular formula is C17H30O3. The summed E-state index contributed by atoms with van der Waals surface area (Å²) in [7, 11) is 1.70. The lowest BCUT2D eigenvalue weighted by Crippen LogP contribution is -2.38. The predicted molar refractivity (Wildman–Crippen MR) is 80.5 cm³/mol. The second-order valence-corrected chi connectivity index (χ2v) is 6.48. The van der Waals surface area contributed by atoms with Crippen LogP contribution in [0.4, 0.5) is 0 Å². The van der Waals surface area contributed by atoms with E-state index in [1.54, 1.807) is 7.11 Å². The van der Waals surface area contributed by atoms with Crippen LogP contribution in [0.2, 0.25) is 0 Å². The Kier molecular flexibility index (Phi) is 5.65. The van der Waals surface area contributed by atoms with Gasteiger partial charge >= 0.3 is 0 Å². The summed E-state index contributed by atoms with van der Waals surface area (Å²) in [5, 5.41) is 9.59. The highest BCUT2D eigenvalue weighted by atomic mass is 16.7. The van der Waals surface area contributed by atoms with E-state index < -0.39 is 5.79 Å². The van der Waals surface area contributed by atoms with Gasteiger partial charge in [-0.05, 0) is 38.0 Å². The minimum Gasteiger partial charge on any atom is -0.392 e. The van der Waals surface area contributed by atoms with Gasteiger partial charge in [-0.25, -0.2) is 0 Å². The maximum atomic E-state index is 9.59. The van der Waals surface area contributed by atoms with Crippen LogP contribution in [0.25, 0.3) is 0 Å². The van der Waals surface area contributed by atoms with Crippen LogP contribution in [-0.4, -0.2) is 31.2 Å². The molecule has 3 nitrogen and oxygen atoms in total. The van der Waals surface area contributed by atoms with Gasteiger partial charge in [0, 0.05) is 19.1 Å². The number of ether oxygens (including phenoxy) is 2. The van der Waals surface area contributed by atoms with Crippen molar-refractivity contribution in [3.8, 4) is 0 Å². The molecule has 0 saturated heterocycles. The van der Waals surface area contributed by atoms with Crippen molar-refractivity contribution < 1.29 is 14.6 Å². The average Bonchev–Trinajstić information content (AvgIpc) is 2.82. The standard InChI is InChI=1S/C17H30O3/c1-4-14-5-7-15(8-6-14)12-20-17(19-3)10-9-13(2)16(17)11-18/h14-15,18H,4-12H2,1-3H3. The van der Waals surface area contributed by atoms with Crippen molar-refractivity contribution in [1.29, 1.82) is 0 Å². The molecule has 3 heteroatoms. The maximum absolute atomic E-state index is 9.59. The topological polar surface area (TPSA) is 38.7 Å². The number of rotatable bonds is 6. The summed E-state index contributed by atoms with van der Waals surface area (Å²) < 4.78 is 11.8. The molecule has 0 amide bonds. The van der Waals surface area contributed by atoms with Crippen LogP contribution in [0.15, 0.2) is 11.1 Å². The zero-order valence-corrected chi connectivity index (χ0v) is 13.3. The monoisotopic (exact) mass is 282 g/mol. The Morgan fingerprint density at radius 1 is 1.20 bits per heavy atom. The van der Waals surface area contributed by atoms with Crippen LogP contribution >= 0.6 is 0 Å². The first-order chi connectivity index (χ1) is 9.65. The molecule has 0 bridgehead atoms. The minimum atomic E-state index is -0.652. The van der Waals surface area contributed by atoms with Crippen molar-refractivity contribution in [3.05, 3.63) is 11.1 Å². The van der Waals surface area contributed by atoms with Crippen molar-refractivity contribution >= 4 is 0 Å². The van der Waals surface area contributed by atoms with Crippen LogP contribution in [0.1, 0.15) is 58.8 Å². The van der Waals surface area contributed by atoms with Gasteiger partial charge in [-0.3, -0.25) is 0 Å². The van der Waals surface area contributed by atoms with E-state index in [-0.39, 0.29) is 6.61 Å². The molecule has 116 valence electrons. The molecule has 0 radical (unpaired) electrons. The number of aliphatic hydroxyl groups excluding tert-OH is 1. The Labute approximate surface area is 123 Å². The minimum absolute atomic E-state index is 0.0439. The summed E-state index contributed by atoms with van der Waals surface area (Å²) in [5.74, 6) is 0.926. The molecule has 0 aromatic carbocycles. The van der Waals surface area contributed by atoms with Gasteiger partial charge in [0.15, 0.2) is 5.79 Å². The fourth-order valence-corrected chi connectivity index (χ4v) is 3.74. The molecule has 1 atom stereocenters. The Morgan fingerprint density at radius 2 is 1.85 bits per heavy atom. The molecule has 1 saturated carbocycles. The smallest absolute Gasteiger partial charge is 0.193 e. The highest BCUT2D eigenvalue weighted by Gasteiger charge is 2.41. The summed E-state index contributed by atoms with van der Waals surface area (Å²) >= 11 is 0. The highest BCUT2D eigenvalue weighted by molar-refractivity contribution is 5.27. The molecule has 20 heavy (non-hydrogen) atoms. The SMILES string of the molecule is CCC1CCC(COC2(OC)CCC(C)=C2CO)CC1. The molecule has 0 aromatic rings. The summed E-state index contributed by atoms with van der Waals surface area (Å²) in [5.41, 5.74) is 2.17. The molecular weight excluding hydrogens is 252 g/mol. The molecule has 0 heterocycles. The van der Waals surface area contributed by atoms with Crippen LogP contribution in [0.5, 0.6) is 0 Å². The van der Waals surface area contributed by atoms with Crippen molar-refractivity contribution in [1.82, 2.24) is 0 Å². The van der Waals surface area contributed by atoms with Gasteiger partial charge in [0.25, 0.3) is 0 Å². The normalized spacial score (nSPS) is 34.8. The summed E-state index contributed by atoms with van der Waals surface area (Å²) in [6, 6.07) is 0. The van der Waals surface area contributed by atoms with Crippen molar-refractivity contribution in [2.24, 2.45) is 11.8 Å². The number of methoxy groups -OCH3 is 1. The van der Waals surface area contributed by atoms with E-state index >= 15 is 0 Å². The van der Waals surface area contributed by atoms with E-state index in [9.17, 15) is 5.11 Å². The van der Waals surface area contributed by atoms with E-state index in [0.29, 0.717) is 5.92 Å². The summed E-state index contributed by atoms with van der Waals surface area (Å²) in [6.07, 6.45) is 8.34. The predicted octanol–water partition coefficient (Wildman–Crippen LogP) is 3.66. The molecule has 2 rings (SSSR count). The molecule has 0 aliphatic heterocycles. The summed E-state index contributed by atoms with van der Waals surface area (Å²) in [6.45, 7) is 5.17. The van der Waals surface area contributed by atoms with E-state index in [0.717, 1.165) is 30.9 Å². The second-order valence-electron chi connectivity index (χ2n) is 6.48. The van der Waals surface area contributed by atoms with Crippen molar-refractivity contribution in [3.63, 3.8) is 0 Å². The van der Waals surface area contributed by atoms with Crippen molar-refractivity contribution in [2.75, 3.05) is 20.3 Å². The third-order valence-electron chi connectivity index (χ3n) is 5.39. The fourth-order valence-electron chi connectivity index (χ4n) is 3.74. The molecule has 1 unspecified atom stereocenters. The molecule has 1 fully saturated rings. The molecule has 0 spiro atoms. The van der Waals surface area contributed by atoms with Crippen LogP contribution in [-0.2, 0) is 9.47 Å². The van der Waals surface area contributed by atoms with E-state index in [4.69, 9.17) is 9.47 Å². The molecule has 0 aromatic heterocycles. The third kappa shape index (κ3) is 3.26. The third-order valence-corrected chi connectivity index (χ3v) is 5.39. The lowest BCUT2D eigenvalue weighted by Gasteiger charge is -2.34. The first-order valence-corrected chi connectivity index (χ1v) is 8.14. The highest BCUT2D eigenvalue weighted by Crippen LogP contribution is 2.40. The Hall–Kier alpha value is -0.380. The van der Waals surface area contributed by atoms with Crippen LogP contribution < -0.4 is 0 Å². The molecule has 2 aliphatic rings. The zero-order valence-electron chi connectivity index (χ0n) is 13.3. The zero-order chi connectivity index (χ0) is 14.6. The van der Waals surface area contributed by atoms with Gasteiger partial charge in [-0.15, -0.1) is 0 Å². The van der Waals surface area contributed by atoms with E-state index in [1.165, 1.54) is 37.7 Å². The van der Waals surface area contributed by atoms with E-state index in [1.807, 2.05) is 0 Å². The van der Waals surface area contributed by atoms with Gasteiger partial charge < -0.3 is 14.6 Å². The Morgan fingerprint density at radius 3 is 2.40 bits per heavy atom. The van der Waals surface area contributed by atoms with Gasteiger partial charge in [-0.1, -0.05) is 31.8 Å². The van der Waals surface area contributed by atoms with Gasteiger partial charge in [0.05, 0.1) is 13.2 Å². The average molecular weight is 282 g/mol. The molecule has 2 aliphatic carbocycles. The van der Waals surface area contributed by atoms with Gasteiger partial charge in [0.1, 0.15) is 0 Å². The first-order valence-electron chi connectivity index (χ1n) is 8.14.